The van der Waals surface area contributed by atoms with E-state index < -0.39 is 11.9 Å². The number of carbonyl (C=O) groups excluding carboxylic acids is 2. The summed E-state index contributed by atoms with van der Waals surface area (Å²) in [6.07, 6.45) is 1.34. The summed E-state index contributed by atoms with van der Waals surface area (Å²) in [6, 6.07) is 6.31. The third kappa shape index (κ3) is 3.14. The number of hydrogen-bond acceptors (Lipinski definition) is 4. The molecule has 0 atom stereocenters. The number of carbonyl (C=O) groups is 3. The minimum absolute atomic E-state index is 0.0272. The van der Waals surface area contributed by atoms with Crippen LogP contribution in [0.2, 0.25) is 0 Å². The van der Waals surface area contributed by atoms with Crippen molar-refractivity contribution in [3.63, 3.8) is 0 Å². The van der Waals surface area contributed by atoms with Gasteiger partial charge in [0.15, 0.2) is 11.5 Å². The predicted octanol–water partition coefficient (Wildman–Crippen LogP) is 1.57. The fourth-order valence-electron chi connectivity index (χ4n) is 1.80. The molecule has 2 rings (SSSR count). The van der Waals surface area contributed by atoms with Crippen molar-refractivity contribution in [2.45, 2.75) is 6.92 Å². The maximum absolute atomic E-state index is 12.1. The Morgan fingerprint density at radius 2 is 1.81 bits per heavy atom. The number of benzene rings is 1. The number of hydrogen-bond donors (Lipinski definition) is 2. The van der Waals surface area contributed by atoms with Gasteiger partial charge in [-0.1, -0.05) is 0 Å². The van der Waals surface area contributed by atoms with Crippen LogP contribution in [0.4, 0.5) is 5.69 Å². The second kappa shape index (κ2) is 5.58. The lowest BCUT2D eigenvalue weighted by molar-refractivity contribution is 0.0685. The van der Waals surface area contributed by atoms with Gasteiger partial charge >= 0.3 is 5.97 Å². The molecule has 0 aliphatic heterocycles. The van der Waals surface area contributed by atoms with Crippen LogP contribution in [0.5, 0.6) is 0 Å². The normalized spacial score (nSPS) is 10.2. The Bertz CT molecular complexity index is 716. The molecular weight excluding hydrogens is 274 g/mol. The summed E-state index contributed by atoms with van der Waals surface area (Å²) in [5.41, 5.74) is 0.654. The Morgan fingerprint density at radius 3 is 2.33 bits per heavy atom. The molecule has 0 aliphatic rings. The van der Waals surface area contributed by atoms with Gasteiger partial charge in [-0.2, -0.15) is 5.10 Å². The molecule has 0 saturated carbocycles. The van der Waals surface area contributed by atoms with Crippen LogP contribution in [0.25, 0.3) is 0 Å². The summed E-state index contributed by atoms with van der Waals surface area (Å²) in [6.45, 7) is 1.45. The second-order valence-electron chi connectivity index (χ2n) is 4.46. The zero-order valence-electron chi connectivity index (χ0n) is 11.5. The average Bonchev–Trinajstić information content (AvgIpc) is 2.82. The molecular formula is C14H13N3O4. The summed E-state index contributed by atoms with van der Waals surface area (Å²) >= 11 is 0. The zero-order chi connectivity index (χ0) is 15.6. The first-order chi connectivity index (χ1) is 9.88. The van der Waals surface area contributed by atoms with Gasteiger partial charge in [-0.05, 0) is 31.2 Å². The van der Waals surface area contributed by atoms with E-state index in [4.69, 9.17) is 5.11 Å². The van der Waals surface area contributed by atoms with Crippen molar-refractivity contribution in [3.8, 4) is 0 Å². The lowest BCUT2D eigenvalue weighted by Gasteiger charge is -2.04. The molecule has 0 radical (unpaired) electrons. The molecule has 2 aromatic rings. The van der Waals surface area contributed by atoms with E-state index in [9.17, 15) is 14.4 Å². The number of carboxylic acid groups (broad SMARTS) is 1. The first-order valence-corrected chi connectivity index (χ1v) is 6.08. The monoisotopic (exact) mass is 287 g/mol. The van der Waals surface area contributed by atoms with Gasteiger partial charge in [0, 0.05) is 24.5 Å². The summed E-state index contributed by atoms with van der Waals surface area (Å²) in [5.74, 6) is -1.92. The van der Waals surface area contributed by atoms with E-state index in [0.717, 1.165) is 0 Å². The van der Waals surface area contributed by atoms with Crippen molar-refractivity contribution >= 4 is 23.3 Å². The second-order valence-corrected chi connectivity index (χ2v) is 4.46. The first kappa shape index (κ1) is 14.4. The van der Waals surface area contributed by atoms with Gasteiger partial charge in [-0.25, -0.2) is 4.79 Å². The number of nitrogens with zero attached hydrogens (tertiary/aromatic N) is 2. The summed E-state index contributed by atoms with van der Waals surface area (Å²) in [7, 11) is 1.53. The van der Waals surface area contributed by atoms with Gasteiger partial charge in [-0.3, -0.25) is 14.3 Å². The summed E-state index contributed by atoms with van der Waals surface area (Å²) in [5, 5.41) is 15.3. The molecule has 1 aromatic heterocycles. The molecule has 0 aliphatic carbocycles. The Labute approximate surface area is 120 Å². The van der Waals surface area contributed by atoms with E-state index >= 15 is 0 Å². The molecule has 0 fully saturated rings. The van der Waals surface area contributed by atoms with Gasteiger partial charge in [0.05, 0.1) is 5.56 Å². The number of ketones is 1. The van der Waals surface area contributed by atoms with Crippen molar-refractivity contribution in [2.24, 2.45) is 7.05 Å². The Hall–Kier alpha value is -2.96. The Morgan fingerprint density at radius 1 is 1.19 bits per heavy atom. The highest BCUT2D eigenvalue weighted by Gasteiger charge is 2.20. The number of carboxylic acids is 1. The fraction of sp³-hybridized carbons (Fsp3) is 0.143. The van der Waals surface area contributed by atoms with Gasteiger partial charge in [-0.15, -0.1) is 0 Å². The van der Waals surface area contributed by atoms with Crippen LogP contribution in [0.1, 0.15) is 38.1 Å². The molecule has 0 saturated heterocycles. The molecule has 1 heterocycles. The van der Waals surface area contributed by atoms with Gasteiger partial charge in [0.2, 0.25) is 0 Å². The summed E-state index contributed by atoms with van der Waals surface area (Å²) < 4.78 is 1.26. The molecule has 108 valence electrons. The average molecular weight is 287 g/mol. The summed E-state index contributed by atoms with van der Waals surface area (Å²) in [4.78, 5) is 34.3. The molecule has 21 heavy (non-hydrogen) atoms. The standard InChI is InChI=1S/C14H13N3O4/c1-8(18)9-3-5-10(6-4-9)15-13(19)11-7-17(2)16-12(11)14(20)21/h3-7H,1-2H3,(H,15,19)(H,20,21). The number of aryl methyl sites for hydroxylation is 1. The van der Waals surface area contributed by atoms with E-state index in [1.807, 2.05) is 0 Å². The number of Topliss-reactive ketones (excluding diaryl/α,β-unsaturated/α-hetero) is 1. The molecule has 0 unspecified atom stereocenters. The van der Waals surface area contributed by atoms with E-state index in [-0.39, 0.29) is 17.0 Å². The Balaban J connectivity index is 2.22. The van der Waals surface area contributed by atoms with Crippen LogP contribution in [-0.4, -0.2) is 32.5 Å². The van der Waals surface area contributed by atoms with Crippen molar-refractivity contribution < 1.29 is 19.5 Å². The quantitative estimate of drug-likeness (QED) is 0.831. The first-order valence-electron chi connectivity index (χ1n) is 6.08. The number of aromatic carboxylic acids is 1. The van der Waals surface area contributed by atoms with Crippen molar-refractivity contribution in [1.82, 2.24) is 9.78 Å². The minimum atomic E-state index is -1.27. The molecule has 0 spiro atoms. The van der Waals surface area contributed by atoms with Gasteiger partial charge < -0.3 is 10.4 Å². The highest BCUT2D eigenvalue weighted by Crippen LogP contribution is 2.13. The molecule has 7 nitrogen and oxygen atoms in total. The van der Waals surface area contributed by atoms with Crippen LogP contribution in [0.3, 0.4) is 0 Å². The lowest BCUT2D eigenvalue weighted by Crippen LogP contribution is -2.15. The number of amides is 1. The van der Waals surface area contributed by atoms with Crippen LogP contribution >= 0.6 is 0 Å². The van der Waals surface area contributed by atoms with Crippen LogP contribution in [0.15, 0.2) is 30.5 Å². The number of nitrogens with one attached hydrogen (secondary N) is 1. The number of rotatable bonds is 4. The smallest absolute Gasteiger partial charge is 0.357 e. The van der Waals surface area contributed by atoms with E-state index in [1.165, 1.54) is 24.9 Å². The molecule has 1 amide bonds. The van der Waals surface area contributed by atoms with Crippen molar-refractivity contribution in [2.75, 3.05) is 5.32 Å². The molecule has 7 heteroatoms. The maximum Gasteiger partial charge on any atom is 0.357 e. The van der Waals surface area contributed by atoms with Crippen LogP contribution in [0, 0.1) is 0 Å². The highest BCUT2D eigenvalue weighted by atomic mass is 16.4. The van der Waals surface area contributed by atoms with Crippen LogP contribution < -0.4 is 5.32 Å². The molecule has 0 bridgehead atoms. The number of anilines is 1. The fourth-order valence-corrected chi connectivity index (χ4v) is 1.80. The van der Waals surface area contributed by atoms with Crippen molar-refractivity contribution in [3.05, 3.63) is 47.3 Å². The third-order valence-corrected chi connectivity index (χ3v) is 2.83. The van der Waals surface area contributed by atoms with Gasteiger partial charge in [0.1, 0.15) is 0 Å². The van der Waals surface area contributed by atoms with Crippen LogP contribution in [-0.2, 0) is 7.05 Å². The maximum atomic E-state index is 12.1. The Kier molecular flexibility index (Phi) is 3.84. The molecule has 2 N–H and O–H groups in total. The lowest BCUT2D eigenvalue weighted by atomic mass is 10.1. The van der Waals surface area contributed by atoms with E-state index in [2.05, 4.69) is 10.4 Å². The SMILES string of the molecule is CC(=O)c1ccc(NC(=O)c2cn(C)nc2C(=O)O)cc1. The minimum Gasteiger partial charge on any atom is -0.476 e. The predicted molar refractivity (Wildman–Crippen MR) is 74.6 cm³/mol. The van der Waals surface area contributed by atoms with E-state index in [1.54, 1.807) is 24.3 Å². The third-order valence-electron chi connectivity index (χ3n) is 2.83. The highest BCUT2D eigenvalue weighted by molar-refractivity contribution is 6.10. The largest absolute Gasteiger partial charge is 0.476 e. The van der Waals surface area contributed by atoms with Crippen molar-refractivity contribution in [1.29, 1.82) is 0 Å². The zero-order valence-corrected chi connectivity index (χ0v) is 11.5. The van der Waals surface area contributed by atoms with Gasteiger partial charge in [0.25, 0.3) is 5.91 Å². The number of aromatic nitrogens is 2. The molecule has 1 aromatic carbocycles. The van der Waals surface area contributed by atoms with E-state index in [0.29, 0.717) is 11.3 Å². The topological polar surface area (TPSA) is 101 Å².